The van der Waals surface area contributed by atoms with Gasteiger partial charge in [-0.3, -0.25) is 0 Å². The van der Waals surface area contributed by atoms with Crippen LogP contribution >= 0.6 is 0 Å². The Hall–Kier alpha value is -0.0800. The van der Waals surface area contributed by atoms with Gasteiger partial charge >= 0.3 is 0 Å². The Bertz CT molecular complexity index is 179. The number of rotatable bonds is 8. The van der Waals surface area contributed by atoms with E-state index in [1.165, 1.54) is 25.7 Å². The third kappa shape index (κ3) is 5.87. The normalized spacial score (nSPS) is 25.1. The van der Waals surface area contributed by atoms with Gasteiger partial charge in [0.15, 0.2) is 0 Å². The molecule has 2 heteroatoms. The molecular weight excluding hydrogens is 210 g/mol. The first kappa shape index (κ1) is 15.0. The van der Waals surface area contributed by atoms with Crippen molar-refractivity contribution >= 4 is 0 Å². The van der Waals surface area contributed by atoms with Gasteiger partial charge in [0.05, 0.1) is 6.61 Å². The second-order valence-corrected chi connectivity index (χ2v) is 6.61. The molecule has 0 radical (unpaired) electrons. The molecule has 0 bridgehead atoms. The molecule has 0 spiro atoms. The fourth-order valence-corrected chi connectivity index (χ4v) is 2.59. The van der Waals surface area contributed by atoms with Crippen LogP contribution in [0.5, 0.6) is 0 Å². The molecule has 0 aromatic carbocycles. The Morgan fingerprint density at radius 1 is 1.18 bits per heavy atom. The standard InChI is InChI=1S/C15H31NO/c1-13(2)6-5-7-15(8-9-17-12-15)11-16-10-14(3)4/h13-14,16H,5-12H2,1-4H3. The molecular formula is C15H31NO. The number of hydrogen-bond donors (Lipinski definition) is 1. The van der Waals surface area contributed by atoms with Crippen LogP contribution in [-0.4, -0.2) is 26.3 Å². The first-order chi connectivity index (χ1) is 8.04. The summed E-state index contributed by atoms with van der Waals surface area (Å²) in [7, 11) is 0. The van der Waals surface area contributed by atoms with E-state index in [4.69, 9.17) is 4.74 Å². The van der Waals surface area contributed by atoms with Crippen LogP contribution in [-0.2, 0) is 4.74 Å². The van der Waals surface area contributed by atoms with Gasteiger partial charge in [-0.15, -0.1) is 0 Å². The predicted molar refractivity (Wildman–Crippen MR) is 74.3 cm³/mol. The lowest BCUT2D eigenvalue weighted by Gasteiger charge is -2.28. The van der Waals surface area contributed by atoms with E-state index >= 15 is 0 Å². The maximum absolute atomic E-state index is 5.64. The van der Waals surface area contributed by atoms with Gasteiger partial charge in [-0.25, -0.2) is 0 Å². The van der Waals surface area contributed by atoms with Crippen molar-refractivity contribution in [2.75, 3.05) is 26.3 Å². The van der Waals surface area contributed by atoms with E-state index in [2.05, 4.69) is 33.0 Å². The van der Waals surface area contributed by atoms with E-state index < -0.39 is 0 Å². The molecule has 1 atom stereocenters. The third-order valence-corrected chi connectivity index (χ3v) is 3.73. The minimum Gasteiger partial charge on any atom is -0.381 e. The fourth-order valence-electron chi connectivity index (χ4n) is 2.59. The average Bonchev–Trinajstić information content (AvgIpc) is 2.66. The van der Waals surface area contributed by atoms with E-state index in [0.29, 0.717) is 5.41 Å². The zero-order chi connectivity index (χ0) is 12.7. The Morgan fingerprint density at radius 3 is 2.47 bits per heavy atom. The summed E-state index contributed by atoms with van der Waals surface area (Å²) in [5.74, 6) is 1.57. The lowest BCUT2D eigenvalue weighted by Crippen LogP contribution is -2.36. The predicted octanol–water partition coefficient (Wildman–Crippen LogP) is 3.47. The van der Waals surface area contributed by atoms with Crippen LogP contribution in [0.3, 0.4) is 0 Å². The molecule has 2 nitrogen and oxygen atoms in total. The Balaban J connectivity index is 2.29. The topological polar surface area (TPSA) is 21.3 Å². The first-order valence-corrected chi connectivity index (χ1v) is 7.32. The summed E-state index contributed by atoms with van der Waals surface area (Å²) in [6.07, 6.45) is 5.28. The molecule has 0 aromatic heterocycles. The van der Waals surface area contributed by atoms with Gasteiger partial charge in [0.2, 0.25) is 0 Å². The molecule has 1 aliphatic rings. The van der Waals surface area contributed by atoms with Crippen LogP contribution in [0, 0.1) is 17.3 Å². The molecule has 1 aliphatic heterocycles. The van der Waals surface area contributed by atoms with E-state index in [9.17, 15) is 0 Å². The van der Waals surface area contributed by atoms with Crippen molar-refractivity contribution in [3.8, 4) is 0 Å². The summed E-state index contributed by atoms with van der Waals surface area (Å²) in [6, 6.07) is 0. The largest absolute Gasteiger partial charge is 0.381 e. The van der Waals surface area contributed by atoms with Crippen molar-refractivity contribution in [1.29, 1.82) is 0 Å². The third-order valence-electron chi connectivity index (χ3n) is 3.73. The van der Waals surface area contributed by atoms with Crippen molar-refractivity contribution in [2.45, 2.75) is 53.4 Å². The Kier molecular flexibility index (Phi) is 6.50. The van der Waals surface area contributed by atoms with Crippen molar-refractivity contribution in [3.05, 3.63) is 0 Å². The van der Waals surface area contributed by atoms with Gasteiger partial charge in [0.25, 0.3) is 0 Å². The fraction of sp³-hybridized carbons (Fsp3) is 1.00. The highest BCUT2D eigenvalue weighted by Crippen LogP contribution is 2.34. The minimum atomic E-state index is 0.434. The maximum atomic E-state index is 5.64. The highest BCUT2D eigenvalue weighted by atomic mass is 16.5. The van der Waals surface area contributed by atoms with Gasteiger partial charge in [-0.1, -0.05) is 40.5 Å². The number of hydrogen-bond acceptors (Lipinski definition) is 2. The SMILES string of the molecule is CC(C)CCCC1(CNCC(C)C)CCOC1. The van der Waals surface area contributed by atoms with E-state index in [1.54, 1.807) is 0 Å². The van der Waals surface area contributed by atoms with Crippen LogP contribution in [0.25, 0.3) is 0 Å². The van der Waals surface area contributed by atoms with Crippen LogP contribution in [0.4, 0.5) is 0 Å². The molecule has 1 fully saturated rings. The van der Waals surface area contributed by atoms with Crippen LogP contribution in [0.1, 0.15) is 53.4 Å². The smallest absolute Gasteiger partial charge is 0.0535 e. The zero-order valence-corrected chi connectivity index (χ0v) is 12.2. The molecule has 0 aromatic rings. The Morgan fingerprint density at radius 2 is 1.94 bits per heavy atom. The molecule has 0 saturated carbocycles. The molecule has 0 aliphatic carbocycles. The summed E-state index contributed by atoms with van der Waals surface area (Å²) < 4.78 is 5.64. The quantitative estimate of drug-likeness (QED) is 0.702. The Labute approximate surface area is 108 Å². The molecule has 1 N–H and O–H groups in total. The lowest BCUT2D eigenvalue weighted by molar-refractivity contribution is 0.140. The van der Waals surface area contributed by atoms with Gasteiger partial charge in [-0.2, -0.15) is 0 Å². The first-order valence-electron chi connectivity index (χ1n) is 7.32. The molecule has 1 rings (SSSR count). The summed E-state index contributed by atoms with van der Waals surface area (Å²) in [6.45, 7) is 13.4. The van der Waals surface area contributed by atoms with Crippen LogP contribution in [0.2, 0.25) is 0 Å². The second-order valence-electron chi connectivity index (χ2n) is 6.61. The van der Waals surface area contributed by atoms with Gasteiger partial charge in [0, 0.05) is 18.6 Å². The summed E-state index contributed by atoms with van der Waals surface area (Å²) in [5.41, 5.74) is 0.434. The van der Waals surface area contributed by atoms with Gasteiger partial charge in [-0.05, 0) is 31.2 Å². The minimum absolute atomic E-state index is 0.434. The summed E-state index contributed by atoms with van der Waals surface area (Å²) in [5, 5.41) is 3.63. The molecule has 1 heterocycles. The van der Waals surface area contributed by atoms with Crippen molar-refractivity contribution in [2.24, 2.45) is 17.3 Å². The highest BCUT2D eigenvalue weighted by molar-refractivity contribution is 4.85. The molecule has 1 unspecified atom stereocenters. The van der Waals surface area contributed by atoms with E-state index in [0.717, 1.165) is 38.1 Å². The van der Waals surface area contributed by atoms with E-state index in [-0.39, 0.29) is 0 Å². The molecule has 102 valence electrons. The monoisotopic (exact) mass is 241 g/mol. The molecule has 1 saturated heterocycles. The van der Waals surface area contributed by atoms with Crippen molar-refractivity contribution < 1.29 is 4.74 Å². The maximum Gasteiger partial charge on any atom is 0.0535 e. The van der Waals surface area contributed by atoms with Gasteiger partial charge in [0.1, 0.15) is 0 Å². The highest BCUT2D eigenvalue weighted by Gasteiger charge is 2.33. The average molecular weight is 241 g/mol. The lowest BCUT2D eigenvalue weighted by atomic mass is 9.81. The summed E-state index contributed by atoms with van der Waals surface area (Å²) in [4.78, 5) is 0. The van der Waals surface area contributed by atoms with Crippen LogP contribution in [0.15, 0.2) is 0 Å². The van der Waals surface area contributed by atoms with Gasteiger partial charge < -0.3 is 10.1 Å². The summed E-state index contributed by atoms with van der Waals surface area (Å²) >= 11 is 0. The number of ether oxygens (including phenoxy) is 1. The van der Waals surface area contributed by atoms with E-state index in [1.807, 2.05) is 0 Å². The number of nitrogens with one attached hydrogen (secondary N) is 1. The zero-order valence-electron chi connectivity index (χ0n) is 12.2. The van der Waals surface area contributed by atoms with Crippen molar-refractivity contribution in [1.82, 2.24) is 5.32 Å². The second kappa shape index (κ2) is 7.38. The molecule has 17 heavy (non-hydrogen) atoms. The van der Waals surface area contributed by atoms with Crippen LogP contribution < -0.4 is 5.32 Å². The molecule has 0 amide bonds. The van der Waals surface area contributed by atoms with Crippen molar-refractivity contribution in [3.63, 3.8) is 0 Å².